The van der Waals surface area contributed by atoms with Gasteiger partial charge in [-0.2, -0.15) is 0 Å². The second-order valence-electron chi connectivity index (χ2n) is 15.6. The summed E-state index contributed by atoms with van der Waals surface area (Å²) in [6.07, 6.45) is 45.0. The molecule has 0 fully saturated rings. The molecule has 0 N–H and O–H groups in total. The summed E-state index contributed by atoms with van der Waals surface area (Å²) in [7, 11) is 5.88. The van der Waals surface area contributed by atoms with Crippen molar-refractivity contribution in [3.05, 3.63) is 72.9 Å². The molecule has 9 nitrogen and oxygen atoms in total. The third kappa shape index (κ3) is 40.7. The summed E-state index contributed by atoms with van der Waals surface area (Å²) in [6.45, 7) is 4.53. The first-order valence-electron chi connectivity index (χ1n) is 22.1. The monoisotopic (exact) mass is 800 g/mol. The summed E-state index contributed by atoms with van der Waals surface area (Å²) >= 11 is 0. The topological polar surface area (TPSA) is 111 Å². The van der Waals surface area contributed by atoms with E-state index in [1.165, 1.54) is 25.7 Å². The Morgan fingerprint density at radius 2 is 1.00 bits per heavy atom. The third-order valence-electron chi connectivity index (χ3n) is 8.94. The maximum Gasteiger partial charge on any atom is 0.306 e. The molecule has 0 spiro atoms. The number of unbranched alkanes of at least 4 members (excludes halogenated alkanes) is 12. The Morgan fingerprint density at radius 1 is 0.544 bits per heavy atom. The van der Waals surface area contributed by atoms with E-state index in [1.54, 1.807) is 0 Å². The highest BCUT2D eigenvalue weighted by Gasteiger charge is 2.21. The molecule has 9 heteroatoms. The van der Waals surface area contributed by atoms with E-state index >= 15 is 0 Å². The van der Waals surface area contributed by atoms with Crippen molar-refractivity contribution in [2.24, 2.45) is 0 Å². The summed E-state index contributed by atoms with van der Waals surface area (Å²) < 4.78 is 22.5. The van der Waals surface area contributed by atoms with E-state index in [4.69, 9.17) is 18.9 Å². The summed E-state index contributed by atoms with van der Waals surface area (Å²) in [4.78, 5) is 37.0. The zero-order valence-corrected chi connectivity index (χ0v) is 36.7. The van der Waals surface area contributed by atoms with Gasteiger partial charge < -0.3 is 33.3 Å². The number of rotatable bonds is 39. The van der Waals surface area contributed by atoms with Crippen molar-refractivity contribution >= 4 is 17.9 Å². The molecule has 2 atom stereocenters. The van der Waals surface area contributed by atoms with Crippen LogP contribution in [0.5, 0.6) is 0 Å². The highest BCUT2D eigenvalue weighted by Crippen LogP contribution is 2.12. The standard InChI is InChI=1S/C48H81NO8/c1-6-8-10-12-14-16-18-20-22-23-25-27-29-31-33-35-37-39-46(51)57-44(43-56-48(47(52)53)54-41-40-49(3,4)5)42-55-45(50)38-36-34-32-30-28-26-24-21-19-17-15-13-11-9-7-2/h8,10,14-17,20-22,24-25,27,44,48H,6-7,9,11-13,18-19,23,26,28-43H2,1-5H3/b10-8-,16-14-,17-15-,22-20-,24-21-,27-25-. The van der Waals surface area contributed by atoms with Crippen LogP contribution < -0.4 is 5.11 Å². The summed E-state index contributed by atoms with van der Waals surface area (Å²) in [5, 5.41) is 11.7. The van der Waals surface area contributed by atoms with Crippen LogP contribution in [0.3, 0.4) is 0 Å². The number of carboxylic acid groups (broad SMARTS) is 1. The van der Waals surface area contributed by atoms with E-state index in [9.17, 15) is 19.5 Å². The Balaban J connectivity index is 4.54. The van der Waals surface area contributed by atoms with Gasteiger partial charge in [0.05, 0.1) is 40.3 Å². The number of quaternary nitrogens is 1. The Bertz CT molecular complexity index is 1160. The van der Waals surface area contributed by atoms with Crippen LogP contribution >= 0.6 is 0 Å². The van der Waals surface area contributed by atoms with E-state index in [-0.39, 0.29) is 38.6 Å². The van der Waals surface area contributed by atoms with Crippen molar-refractivity contribution in [1.29, 1.82) is 0 Å². The molecule has 0 aromatic heterocycles. The fourth-order valence-electron chi connectivity index (χ4n) is 5.49. The minimum absolute atomic E-state index is 0.136. The zero-order chi connectivity index (χ0) is 42.1. The SMILES string of the molecule is CC/C=C\C/C=C\C/C=C\C/C=C\CCCCCCC(=O)OC(COC(=O)CCCCCCC/C=C\C/C=C\CCCCC)COC(OCC[N+](C)(C)C)C(=O)[O-]. The average Bonchev–Trinajstić information content (AvgIpc) is 3.17. The van der Waals surface area contributed by atoms with Crippen molar-refractivity contribution in [2.75, 3.05) is 47.5 Å². The quantitative estimate of drug-likeness (QED) is 0.0199. The Labute approximate surface area is 347 Å². The predicted molar refractivity (Wildman–Crippen MR) is 232 cm³/mol. The molecule has 0 aromatic rings. The van der Waals surface area contributed by atoms with Crippen LogP contribution in [0.4, 0.5) is 0 Å². The molecule has 0 saturated heterocycles. The molecule has 2 unspecified atom stereocenters. The molecule has 0 rings (SSSR count). The number of likely N-dealkylation sites (N-methyl/N-ethyl adjacent to an activating group) is 1. The number of allylic oxidation sites excluding steroid dienone is 12. The fraction of sp³-hybridized carbons (Fsp3) is 0.688. The molecule has 0 amide bonds. The van der Waals surface area contributed by atoms with Crippen molar-refractivity contribution in [3.8, 4) is 0 Å². The Hall–Kier alpha value is -3.27. The molecule has 57 heavy (non-hydrogen) atoms. The lowest BCUT2D eigenvalue weighted by Crippen LogP contribution is -2.44. The maximum absolute atomic E-state index is 12.7. The maximum atomic E-state index is 12.7. The van der Waals surface area contributed by atoms with Crippen LogP contribution in [0, 0.1) is 0 Å². The van der Waals surface area contributed by atoms with Gasteiger partial charge in [0.25, 0.3) is 0 Å². The fourth-order valence-corrected chi connectivity index (χ4v) is 5.49. The highest BCUT2D eigenvalue weighted by molar-refractivity contribution is 5.70. The van der Waals surface area contributed by atoms with Gasteiger partial charge in [0.2, 0.25) is 0 Å². The first-order valence-corrected chi connectivity index (χ1v) is 22.1. The van der Waals surface area contributed by atoms with Gasteiger partial charge in [-0.25, -0.2) is 0 Å². The molecular weight excluding hydrogens is 719 g/mol. The van der Waals surface area contributed by atoms with Gasteiger partial charge >= 0.3 is 11.9 Å². The zero-order valence-electron chi connectivity index (χ0n) is 36.7. The number of carboxylic acids is 1. The number of carbonyl (C=O) groups is 3. The average molecular weight is 800 g/mol. The highest BCUT2D eigenvalue weighted by atomic mass is 16.7. The lowest BCUT2D eigenvalue weighted by Gasteiger charge is -2.26. The van der Waals surface area contributed by atoms with E-state index in [0.717, 1.165) is 89.9 Å². The van der Waals surface area contributed by atoms with Gasteiger partial charge in [-0.05, 0) is 83.5 Å². The van der Waals surface area contributed by atoms with Crippen molar-refractivity contribution in [2.45, 2.75) is 167 Å². The number of hydrogen-bond donors (Lipinski definition) is 0. The Morgan fingerprint density at radius 3 is 1.49 bits per heavy atom. The van der Waals surface area contributed by atoms with Crippen LogP contribution in [-0.2, 0) is 33.3 Å². The lowest BCUT2D eigenvalue weighted by atomic mass is 10.1. The minimum Gasteiger partial charge on any atom is -0.545 e. The van der Waals surface area contributed by atoms with Crippen molar-refractivity contribution < 1.29 is 42.9 Å². The van der Waals surface area contributed by atoms with Gasteiger partial charge in [0.1, 0.15) is 13.2 Å². The van der Waals surface area contributed by atoms with E-state index in [2.05, 4.69) is 86.8 Å². The second-order valence-corrected chi connectivity index (χ2v) is 15.6. The predicted octanol–water partition coefficient (Wildman–Crippen LogP) is 10.2. The molecular formula is C48H81NO8. The molecule has 0 aliphatic carbocycles. The van der Waals surface area contributed by atoms with Crippen LogP contribution in [0.1, 0.15) is 155 Å². The lowest BCUT2D eigenvalue weighted by molar-refractivity contribution is -0.870. The van der Waals surface area contributed by atoms with Crippen LogP contribution in [0.2, 0.25) is 0 Å². The van der Waals surface area contributed by atoms with E-state index in [1.807, 2.05) is 21.1 Å². The molecule has 0 radical (unpaired) electrons. The van der Waals surface area contributed by atoms with Crippen LogP contribution in [0.15, 0.2) is 72.9 Å². The largest absolute Gasteiger partial charge is 0.545 e. The van der Waals surface area contributed by atoms with Crippen LogP contribution in [-0.4, -0.2) is 82.3 Å². The van der Waals surface area contributed by atoms with Crippen molar-refractivity contribution in [3.63, 3.8) is 0 Å². The van der Waals surface area contributed by atoms with E-state index < -0.39 is 24.3 Å². The number of carbonyl (C=O) groups excluding carboxylic acids is 3. The molecule has 0 aromatic carbocycles. The molecule has 0 heterocycles. The van der Waals surface area contributed by atoms with Gasteiger partial charge in [0, 0.05) is 12.8 Å². The number of nitrogens with zero attached hydrogens (tertiary/aromatic N) is 1. The molecule has 0 saturated carbocycles. The van der Waals surface area contributed by atoms with Gasteiger partial charge in [-0.3, -0.25) is 9.59 Å². The molecule has 0 aliphatic rings. The van der Waals surface area contributed by atoms with Gasteiger partial charge in [-0.15, -0.1) is 0 Å². The van der Waals surface area contributed by atoms with Crippen LogP contribution in [0.25, 0.3) is 0 Å². The second kappa shape index (κ2) is 39.6. The molecule has 326 valence electrons. The number of esters is 2. The number of aliphatic carboxylic acids is 1. The Kier molecular flexibility index (Phi) is 37.3. The smallest absolute Gasteiger partial charge is 0.306 e. The minimum atomic E-state index is -1.63. The number of ether oxygens (including phenoxy) is 4. The van der Waals surface area contributed by atoms with Crippen molar-refractivity contribution in [1.82, 2.24) is 0 Å². The number of hydrogen-bond acceptors (Lipinski definition) is 8. The molecule has 0 bridgehead atoms. The summed E-state index contributed by atoms with van der Waals surface area (Å²) in [5.41, 5.74) is 0. The molecule has 0 aliphatic heterocycles. The normalized spacial score (nSPS) is 13.6. The van der Waals surface area contributed by atoms with Gasteiger partial charge in [-0.1, -0.05) is 132 Å². The first-order chi connectivity index (χ1) is 27.6. The van der Waals surface area contributed by atoms with E-state index in [0.29, 0.717) is 23.9 Å². The first kappa shape index (κ1) is 53.7. The summed E-state index contributed by atoms with van der Waals surface area (Å²) in [5.74, 6) is -2.35. The third-order valence-corrected chi connectivity index (χ3v) is 8.94. The summed E-state index contributed by atoms with van der Waals surface area (Å²) in [6, 6.07) is 0. The van der Waals surface area contributed by atoms with Gasteiger partial charge in [0.15, 0.2) is 12.4 Å².